The van der Waals surface area contributed by atoms with E-state index in [0.29, 0.717) is 6.61 Å². The molecule has 0 fully saturated rings. The summed E-state index contributed by atoms with van der Waals surface area (Å²) in [7, 11) is 0. The standard InChI is InChI=1S/C17H13NO/c1-2-5-14(6-3-1)7-4-12-19-16-8-9-17-15(13-16)10-11-18-17/h1-3,5-6,8-11,13,18H,12H2. The number of hydrogen-bond acceptors (Lipinski definition) is 1. The van der Waals surface area contributed by atoms with Crippen molar-refractivity contribution in [1.29, 1.82) is 0 Å². The van der Waals surface area contributed by atoms with Crippen LogP contribution in [0.1, 0.15) is 5.56 Å². The molecule has 1 heterocycles. The summed E-state index contributed by atoms with van der Waals surface area (Å²) in [4.78, 5) is 3.15. The summed E-state index contributed by atoms with van der Waals surface area (Å²) in [5.74, 6) is 6.92. The second-order valence-electron chi connectivity index (χ2n) is 4.18. The molecule has 0 bridgehead atoms. The van der Waals surface area contributed by atoms with E-state index in [0.717, 1.165) is 22.2 Å². The van der Waals surface area contributed by atoms with E-state index in [1.165, 1.54) is 0 Å². The monoisotopic (exact) mass is 247 g/mol. The topological polar surface area (TPSA) is 25.0 Å². The number of benzene rings is 2. The van der Waals surface area contributed by atoms with Crippen LogP contribution >= 0.6 is 0 Å². The van der Waals surface area contributed by atoms with Crippen LogP contribution in [0.5, 0.6) is 5.75 Å². The Bertz CT molecular complexity index is 732. The molecule has 3 rings (SSSR count). The molecule has 0 saturated carbocycles. The van der Waals surface area contributed by atoms with E-state index in [1.54, 1.807) is 0 Å². The van der Waals surface area contributed by atoms with Gasteiger partial charge in [0, 0.05) is 22.7 Å². The lowest BCUT2D eigenvalue weighted by Gasteiger charge is -2.01. The average Bonchev–Trinajstić information content (AvgIpc) is 2.92. The molecule has 2 aromatic carbocycles. The third-order valence-electron chi connectivity index (χ3n) is 2.84. The maximum atomic E-state index is 5.62. The molecule has 0 radical (unpaired) electrons. The minimum Gasteiger partial charge on any atom is -0.481 e. The highest BCUT2D eigenvalue weighted by Gasteiger charge is 1.96. The van der Waals surface area contributed by atoms with Crippen LogP contribution in [0, 0.1) is 11.8 Å². The van der Waals surface area contributed by atoms with Gasteiger partial charge >= 0.3 is 0 Å². The fourth-order valence-electron chi connectivity index (χ4n) is 1.90. The zero-order valence-electron chi connectivity index (χ0n) is 10.4. The van der Waals surface area contributed by atoms with Gasteiger partial charge in [-0.1, -0.05) is 30.0 Å². The second-order valence-corrected chi connectivity index (χ2v) is 4.18. The Balaban J connectivity index is 1.65. The smallest absolute Gasteiger partial charge is 0.149 e. The predicted molar refractivity (Wildman–Crippen MR) is 77.1 cm³/mol. The van der Waals surface area contributed by atoms with Crippen LogP contribution in [-0.2, 0) is 0 Å². The highest BCUT2D eigenvalue weighted by molar-refractivity contribution is 5.80. The molecule has 1 aromatic heterocycles. The first-order valence-electron chi connectivity index (χ1n) is 6.16. The maximum absolute atomic E-state index is 5.62. The summed E-state index contributed by atoms with van der Waals surface area (Å²) in [6.07, 6.45) is 1.92. The molecule has 0 aliphatic rings. The largest absolute Gasteiger partial charge is 0.481 e. The third-order valence-corrected chi connectivity index (χ3v) is 2.84. The van der Waals surface area contributed by atoms with Gasteiger partial charge in [0.05, 0.1) is 0 Å². The van der Waals surface area contributed by atoms with E-state index in [1.807, 2.05) is 60.8 Å². The summed E-state index contributed by atoms with van der Waals surface area (Å²) < 4.78 is 5.62. The molecule has 1 N–H and O–H groups in total. The first-order valence-corrected chi connectivity index (χ1v) is 6.16. The van der Waals surface area contributed by atoms with E-state index in [9.17, 15) is 0 Å². The Kier molecular flexibility index (Phi) is 3.20. The van der Waals surface area contributed by atoms with Gasteiger partial charge in [-0.15, -0.1) is 0 Å². The lowest BCUT2D eigenvalue weighted by molar-refractivity contribution is 0.371. The molecular formula is C17H13NO. The van der Waals surface area contributed by atoms with Crippen LogP contribution in [0.2, 0.25) is 0 Å². The van der Waals surface area contributed by atoms with Gasteiger partial charge in [0.15, 0.2) is 0 Å². The van der Waals surface area contributed by atoms with Crippen LogP contribution in [0.4, 0.5) is 0 Å². The number of aromatic nitrogens is 1. The first-order chi connectivity index (χ1) is 9.42. The minimum atomic E-state index is 0.394. The molecule has 0 atom stereocenters. The van der Waals surface area contributed by atoms with Crippen LogP contribution < -0.4 is 4.74 Å². The Morgan fingerprint density at radius 3 is 2.79 bits per heavy atom. The number of nitrogens with one attached hydrogen (secondary N) is 1. The highest BCUT2D eigenvalue weighted by atomic mass is 16.5. The van der Waals surface area contributed by atoms with Gasteiger partial charge in [-0.25, -0.2) is 0 Å². The summed E-state index contributed by atoms with van der Waals surface area (Å²) in [6.45, 7) is 0.394. The number of H-pyrrole nitrogens is 1. The zero-order valence-corrected chi connectivity index (χ0v) is 10.4. The number of rotatable bonds is 2. The molecule has 3 aromatic rings. The lowest BCUT2D eigenvalue weighted by Crippen LogP contribution is -1.93. The van der Waals surface area contributed by atoms with Gasteiger partial charge in [0.2, 0.25) is 0 Å². The van der Waals surface area contributed by atoms with Crippen LogP contribution in [0.15, 0.2) is 60.8 Å². The van der Waals surface area contributed by atoms with Crippen molar-refractivity contribution in [1.82, 2.24) is 4.98 Å². The summed E-state index contributed by atoms with van der Waals surface area (Å²) in [5, 5.41) is 1.15. The van der Waals surface area contributed by atoms with Crippen molar-refractivity contribution < 1.29 is 4.74 Å². The van der Waals surface area contributed by atoms with Crippen molar-refractivity contribution in [3.8, 4) is 17.6 Å². The van der Waals surface area contributed by atoms with E-state index < -0.39 is 0 Å². The van der Waals surface area contributed by atoms with E-state index in [4.69, 9.17) is 4.74 Å². The zero-order chi connectivity index (χ0) is 12.9. The summed E-state index contributed by atoms with van der Waals surface area (Å²) in [5.41, 5.74) is 2.12. The minimum absolute atomic E-state index is 0.394. The molecule has 0 unspecified atom stereocenters. The first kappa shape index (κ1) is 11.4. The van der Waals surface area contributed by atoms with Crippen molar-refractivity contribution in [2.24, 2.45) is 0 Å². The Labute approximate surface area is 112 Å². The van der Waals surface area contributed by atoms with Crippen LogP contribution in [-0.4, -0.2) is 11.6 Å². The maximum Gasteiger partial charge on any atom is 0.149 e. The van der Waals surface area contributed by atoms with E-state index in [-0.39, 0.29) is 0 Å². The Morgan fingerprint density at radius 1 is 1.00 bits per heavy atom. The molecule has 0 saturated heterocycles. The average molecular weight is 247 g/mol. The van der Waals surface area contributed by atoms with Gasteiger partial charge in [0.25, 0.3) is 0 Å². The van der Waals surface area contributed by atoms with Gasteiger partial charge in [-0.05, 0) is 36.4 Å². The Hall–Kier alpha value is -2.66. The normalized spacial score (nSPS) is 9.89. The molecule has 92 valence electrons. The van der Waals surface area contributed by atoms with Crippen molar-refractivity contribution >= 4 is 10.9 Å². The molecule has 0 spiro atoms. The predicted octanol–water partition coefficient (Wildman–Crippen LogP) is 3.60. The quantitative estimate of drug-likeness (QED) is 0.688. The number of ether oxygens (including phenoxy) is 1. The Morgan fingerprint density at radius 2 is 1.89 bits per heavy atom. The van der Waals surface area contributed by atoms with Crippen molar-refractivity contribution in [2.45, 2.75) is 0 Å². The molecule has 2 heteroatoms. The number of aromatic amines is 1. The lowest BCUT2D eigenvalue weighted by atomic mass is 10.2. The van der Waals surface area contributed by atoms with Gasteiger partial charge < -0.3 is 9.72 Å². The SMILES string of the molecule is C(#Cc1ccccc1)COc1ccc2[nH]ccc2c1. The van der Waals surface area contributed by atoms with E-state index >= 15 is 0 Å². The van der Waals surface area contributed by atoms with Crippen molar-refractivity contribution in [3.63, 3.8) is 0 Å². The molecule has 19 heavy (non-hydrogen) atoms. The molecule has 0 aliphatic carbocycles. The van der Waals surface area contributed by atoms with Crippen molar-refractivity contribution in [3.05, 3.63) is 66.4 Å². The van der Waals surface area contributed by atoms with Crippen LogP contribution in [0.3, 0.4) is 0 Å². The van der Waals surface area contributed by atoms with Gasteiger partial charge in [-0.3, -0.25) is 0 Å². The second kappa shape index (κ2) is 5.32. The highest BCUT2D eigenvalue weighted by Crippen LogP contribution is 2.19. The summed E-state index contributed by atoms with van der Waals surface area (Å²) in [6, 6.07) is 17.9. The fraction of sp³-hybridized carbons (Fsp3) is 0.0588. The number of hydrogen-bond donors (Lipinski definition) is 1. The fourth-order valence-corrected chi connectivity index (χ4v) is 1.90. The molecular weight excluding hydrogens is 234 g/mol. The van der Waals surface area contributed by atoms with E-state index in [2.05, 4.69) is 16.8 Å². The molecule has 2 nitrogen and oxygen atoms in total. The molecule has 0 amide bonds. The third kappa shape index (κ3) is 2.78. The van der Waals surface area contributed by atoms with Crippen molar-refractivity contribution in [2.75, 3.05) is 6.61 Å². The van der Waals surface area contributed by atoms with Gasteiger partial charge in [-0.2, -0.15) is 0 Å². The summed E-state index contributed by atoms with van der Waals surface area (Å²) >= 11 is 0. The number of fused-ring (bicyclic) bond motifs is 1. The van der Waals surface area contributed by atoms with Gasteiger partial charge in [0.1, 0.15) is 12.4 Å². The van der Waals surface area contributed by atoms with Crippen LogP contribution in [0.25, 0.3) is 10.9 Å². The molecule has 0 aliphatic heterocycles.